The second-order valence-corrected chi connectivity index (χ2v) is 5.18. The molecule has 1 aromatic heterocycles. The van der Waals surface area contributed by atoms with E-state index in [0.717, 1.165) is 15.9 Å². The van der Waals surface area contributed by atoms with Gasteiger partial charge in [-0.15, -0.1) is 0 Å². The molecule has 8 heteroatoms. The lowest BCUT2D eigenvalue weighted by atomic mass is 10.1. The van der Waals surface area contributed by atoms with Crippen molar-refractivity contribution >= 4 is 27.3 Å². The van der Waals surface area contributed by atoms with Gasteiger partial charge < -0.3 is 5.43 Å². The van der Waals surface area contributed by atoms with E-state index < -0.39 is 4.92 Å². The molecule has 7 nitrogen and oxygen atoms in total. The number of anilines is 1. The van der Waals surface area contributed by atoms with Crippen LogP contribution in [0.5, 0.6) is 0 Å². The fourth-order valence-electron chi connectivity index (χ4n) is 1.96. The molecule has 0 aliphatic carbocycles. The number of nitrogens with two attached hydrogens (primary N) is 1. The van der Waals surface area contributed by atoms with Crippen LogP contribution in [0, 0.1) is 24.0 Å². The highest BCUT2D eigenvalue weighted by Crippen LogP contribution is 2.25. The van der Waals surface area contributed by atoms with Crippen LogP contribution in [0.4, 0.5) is 11.4 Å². The molecule has 0 saturated heterocycles. The minimum atomic E-state index is -0.430. The van der Waals surface area contributed by atoms with Crippen LogP contribution in [0.1, 0.15) is 17.0 Å². The van der Waals surface area contributed by atoms with Crippen LogP contribution >= 0.6 is 15.9 Å². The predicted octanol–water partition coefficient (Wildman–Crippen LogP) is 2.50. The summed E-state index contributed by atoms with van der Waals surface area (Å²) in [4.78, 5) is 10.4. The molecule has 3 N–H and O–H groups in total. The highest BCUT2D eigenvalue weighted by molar-refractivity contribution is 9.10. The Balaban J connectivity index is 2.43. The van der Waals surface area contributed by atoms with Gasteiger partial charge in [-0.2, -0.15) is 5.10 Å². The van der Waals surface area contributed by atoms with E-state index in [1.165, 1.54) is 12.1 Å². The third kappa shape index (κ3) is 2.66. The number of hydrogen-bond acceptors (Lipinski definition) is 5. The van der Waals surface area contributed by atoms with Gasteiger partial charge in [-0.05, 0) is 35.8 Å². The van der Waals surface area contributed by atoms with Gasteiger partial charge in [-0.1, -0.05) is 0 Å². The number of nitro benzene ring substituents is 1. The number of nitrogens with one attached hydrogen (secondary N) is 1. The van der Waals surface area contributed by atoms with Crippen molar-refractivity contribution in [1.29, 1.82) is 0 Å². The molecule has 0 fully saturated rings. The van der Waals surface area contributed by atoms with E-state index in [-0.39, 0.29) is 5.69 Å². The standard InChI is InChI=1S/C12H14BrN5O2/c1-7-12(13)8(2)17(16-7)6-9-5-10(18(19)20)3-4-11(9)15-14/h3-5,15H,6,14H2,1-2H3. The number of non-ortho nitro benzene ring substituents is 1. The smallest absolute Gasteiger partial charge is 0.269 e. The number of aryl methyl sites for hydroxylation is 1. The molecule has 1 heterocycles. The maximum Gasteiger partial charge on any atom is 0.269 e. The number of nitrogens with zero attached hydrogens (tertiary/aromatic N) is 3. The summed E-state index contributed by atoms with van der Waals surface area (Å²) >= 11 is 3.45. The molecule has 106 valence electrons. The second-order valence-electron chi connectivity index (χ2n) is 4.39. The third-order valence-electron chi connectivity index (χ3n) is 3.07. The predicted molar refractivity (Wildman–Crippen MR) is 79.4 cm³/mol. The largest absolute Gasteiger partial charge is 0.324 e. The highest BCUT2D eigenvalue weighted by Gasteiger charge is 2.14. The Labute approximate surface area is 124 Å². The van der Waals surface area contributed by atoms with Crippen LogP contribution < -0.4 is 11.3 Å². The van der Waals surface area contributed by atoms with E-state index >= 15 is 0 Å². The summed E-state index contributed by atoms with van der Waals surface area (Å²) in [5.74, 6) is 5.44. The van der Waals surface area contributed by atoms with Gasteiger partial charge in [0.25, 0.3) is 5.69 Å². The van der Waals surface area contributed by atoms with Crippen molar-refractivity contribution < 1.29 is 4.92 Å². The van der Waals surface area contributed by atoms with Crippen molar-refractivity contribution in [1.82, 2.24) is 9.78 Å². The Morgan fingerprint density at radius 3 is 2.70 bits per heavy atom. The molecule has 2 rings (SSSR count). The highest BCUT2D eigenvalue weighted by atomic mass is 79.9. The van der Waals surface area contributed by atoms with Crippen molar-refractivity contribution in [2.24, 2.45) is 5.84 Å². The molecule has 0 atom stereocenters. The van der Waals surface area contributed by atoms with E-state index in [1.807, 2.05) is 13.8 Å². The Kier molecular flexibility index (Phi) is 4.05. The van der Waals surface area contributed by atoms with Gasteiger partial charge in [0.15, 0.2) is 0 Å². The van der Waals surface area contributed by atoms with Crippen molar-refractivity contribution in [2.45, 2.75) is 20.4 Å². The minimum Gasteiger partial charge on any atom is -0.324 e. The van der Waals surface area contributed by atoms with Crippen LogP contribution in [0.3, 0.4) is 0 Å². The Hall–Kier alpha value is -1.93. The summed E-state index contributed by atoms with van der Waals surface area (Å²) in [5.41, 5.74) is 5.75. The van der Waals surface area contributed by atoms with E-state index in [1.54, 1.807) is 10.7 Å². The molecule has 0 aliphatic heterocycles. The molecule has 0 spiro atoms. The summed E-state index contributed by atoms with van der Waals surface area (Å²) in [5, 5.41) is 15.2. The molecule has 1 aromatic carbocycles. The number of hydrazine groups is 1. The molecule has 0 amide bonds. The SMILES string of the molecule is Cc1nn(Cc2cc([N+](=O)[O-])ccc2NN)c(C)c1Br. The lowest BCUT2D eigenvalue weighted by molar-refractivity contribution is -0.384. The van der Waals surface area contributed by atoms with Gasteiger partial charge in [0.1, 0.15) is 0 Å². The van der Waals surface area contributed by atoms with Crippen molar-refractivity contribution in [3.05, 3.63) is 49.7 Å². The molecule has 0 unspecified atom stereocenters. The maximum atomic E-state index is 10.9. The molecular formula is C12H14BrN5O2. The zero-order valence-electron chi connectivity index (χ0n) is 11.1. The fourth-order valence-corrected chi connectivity index (χ4v) is 2.24. The van der Waals surface area contributed by atoms with Gasteiger partial charge in [0.2, 0.25) is 0 Å². The summed E-state index contributed by atoms with van der Waals surface area (Å²) in [6, 6.07) is 4.50. The van der Waals surface area contributed by atoms with Gasteiger partial charge in [0.05, 0.1) is 33.0 Å². The normalized spacial score (nSPS) is 10.6. The lowest BCUT2D eigenvalue weighted by Crippen LogP contribution is -2.12. The minimum absolute atomic E-state index is 0.0274. The van der Waals surface area contributed by atoms with Crippen LogP contribution in [0.2, 0.25) is 0 Å². The van der Waals surface area contributed by atoms with Gasteiger partial charge >= 0.3 is 0 Å². The molecule has 2 aromatic rings. The number of aromatic nitrogens is 2. The molecule has 0 bridgehead atoms. The Morgan fingerprint density at radius 2 is 2.20 bits per heavy atom. The monoisotopic (exact) mass is 339 g/mol. The van der Waals surface area contributed by atoms with Crippen LogP contribution in [0.25, 0.3) is 0 Å². The molecule has 20 heavy (non-hydrogen) atoms. The quantitative estimate of drug-likeness (QED) is 0.506. The summed E-state index contributed by atoms with van der Waals surface area (Å²) in [7, 11) is 0. The molecule has 0 saturated carbocycles. The number of halogens is 1. The molecule has 0 aliphatic rings. The molecular weight excluding hydrogens is 326 g/mol. The summed E-state index contributed by atoms with van der Waals surface area (Å²) in [6.07, 6.45) is 0. The van der Waals surface area contributed by atoms with E-state index in [9.17, 15) is 10.1 Å². The van der Waals surface area contributed by atoms with Crippen molar-refractivity contribution in [3.8, 4) is 0 Å². The van der Waals surface area contributed by atoms with E-state index in [2.05, 4.69) is 26.5 Å². The van der Waals surface area contributed by atoms with Gasteiger partial charge in [-0.25, -0.2) is 0 Å². The van der Waals surface area contributed by atoms with Crippen LogP contribution in [0.15, 0.2) is 22.7 Å². The summed E-state index contributed by atoms with van der Waals surface area (Å²) in [6.45, 7) is 4.22. The molecule has 0 radical (unpaired) electrons. The maximum absolute atomic E-state index is 10.9. The van der Waals surface area contributed by atoms with E-state index in [4.69, 9.17) is 5.84 Å². The topological polar surface area (TPSA) is 99.0 Å². The number of nitro groups is 1. The Morgan fingerprint density at radius 1 is 1.50 bits per heavy atom. The van der Waals surface area contributed by atoms with Crippen molar-refractivity contribution in [2.75, 3.05) is 5.43 Å². The van der Waals surface area contributed by atoms with Gasteiger partial charge in [-0.3, -0.25) is 20.6 Å². The lowest BCUT2D eigenvalue weighted by Gasteiger charge is -2.10. The first kappa shape index (κ1) is 14.5. The second kappa shape index (κ2) is 5.59. The van der Waals surface area contributed by atoms with Crippen LogP contribution in [-0.4, -0.2) is 14.7 Å². The number of benzene rings is 1. The number of nitrogen functional groups attached to an aromatic ring is 1. The zero-order valence-corrected chi connectivity index (χ0v) is 12.6. The van der Waals surface area contributed by atoms with E-state index in [0.29, 0.717) is 17.8 Å². The number of hydrogen-bond donors (Lipinski definition) is 2. The first-order chi connectivity index (χ1) is 9.43. The van der Waals surface area contributed by atoms with Crippen molar-refractivity contribution in [3.63, 3.8) is 0 Å². The number of rotatable bonds is 4. The average molecular weight is 340 g/mol. The van der Waals surface area contributed by atoms with Gasteiger partial charge in [0, 0.05) is 17.7 Å². The Bertz CT molecular complexity index is 668. The fraction of sp³-hybridized carbons (Fsp3) is 0.250. The zero-order chi connectivity index (χ0) is 14.9. The third-order valence-corrected chi connectivity index (χ3v) is 4.22. The summed E-state index contributed by atoms with van der Waals surface area (Å²) < 4.78 is 2.71. The first-order valence-electron chi connectivity index (χ1n) is 5.87. The first-order valence-corrected chi connectivity index (χ1v) is 6.66. The van der Waals surface area contributed by atoms with Crippen LogP contribution in [-0.2, 0) is 6.54 Å². The average Bonchev–Trinajstić information content (AvgIpc) is 2.66.